The van der Waals surface area contributed by atoms with Gasteiger partial charge < -0.3 is 0 Å². The Morgan fingerprint density at radius 2 is 0.719 bits per heavy atom. The number of hydrogen-bond donors (Lipinski definition) is 0. The van der Waals surface area contributed by atoms with E-state index in [0.717, 1.165) is 0 Å². The van der Waals surface area contributed by atoms with Gasteiger partial charge in [0.2, 0.25) is 0 Å². The Morgan fingerprint density at radius 1 is 0.469 bits per heavy atom. The predicted molar refractivity (Wildman–Crippen MR) is 148 cm³/mol. The molecule has 0 aliphatic heterocycles. The van der Waals surface area contributed by atoms with Crippen molar-refractivity contribution >= 4 is 60.1 Å². The summed E-state index contributed by atoms with van der Waals surface area (Å²) in [6, 6.07) is 42.8. The summed E-state index contributed by atoms with van der Waals surface area (Å²) >= 11 is 3.47. The van der Waals surface area contributed by atoms with Gasteiger partial charge in [-0.3, -0.25) is 0 Å². The Kier molecular flexibility index (Phi) is 14.3. The first-order valence-electron chi connectivity index (χ1n) is 10.1. The van der Waals surface area contributed by atoms with Crippen molar-refractivity contribution in [3.63, 3.8) is 0 Å². The van der Waals surface area contributed by atoms with E-state index >= 15 is 0 Å². The molecule has 0 amide bonds. The van der Waals surface area contributed by atoms with Crippen LogP contribution >= 0.6 is 38.8 Å². The van der Waals surface area contributed by atoms with E-state index in [-0.39, 0.29) is 38.8 Å². The quantitative estimate of drug-likeness (QED) is 0.174. The van der Waals surface area contributed by atoms with Crippen molar-refractivity contribution < 1.29 is 18.7 Å². The first-order chi connectivity index (χ1) is 14.7. The molecule has 0 bridgehead atoms. The minimum atomic E-state index is -0.321. The summed E-state index contributed by atoms with van der Waals surface area (Å²) in [4.78, 5) is 0. The summed E-state index contributed by atoms with van der Waals surface area (Å²) in [5, 5.41) is 5.69. The first-order valence-corrected chi connectivity index (χ1v) is 14.8. The van der Waals surface area contributed by atoms with Crippen LogP contribution in [-0.4, -0.2) is 5.66 Å². The van der Waals surface area contributed by atoms with Crippen LogP contribution in [-0.2, 0) is 18.7 Å². The van der Waals surface area contributed by atoms with Crippen LogP contribution in [0.5, 0.6) is 0 Å². The third-order valence-corrected chi connectivity index (χ3v) is 11.1. The predicted octanol–water partition coefficient (Wildman–Crippen LogP) is 6.95. The molecule has 0 unspecified atom stereocenters. The molecule has 0 aromatic heterocycles. The van der Waals surface area contributed by atoms with E-state index in [0.29, 0.717) is 5.66 Å². The second-order valence-corrected chi connectivity index (χ2v) is 13.5. The van der Waals surface area contributed by atoms with E-state index in [1.165, 1.54) is 21.2 Å². The van der Waals surface area contributed by atoms with Gasteiger partial charge in [0.25, 0.3) is 0 Å². The fourth-order valence-electron chi connectivity index (χ4n) is 3.17. The van der Waals surface area contributed by atoms with Gasteiger partial charge in [-0.1, -0.05) is 74.5 Å². The molecule has 5 heteroatoms. The van der Waals surface area contributed by atoms with Crippen molar-refractivity contribution in [1.82, 2.24) is 0 Å². The van der Waals surface area contributed by atoms with Crippen LogP contribution in [0.1, 0.15) is 13.8 Å². The maximum atomic E-state index is 3.47. The fraction of sp³-hybridized carbons (Fsp3) is 0.111. The van der Waals surface area contributed by atoms with Crippen LogP contribution in [0.2, 0.25) is 0 Å². The summed E-state index contributed by atoms with van der Waals surface area (Å²) in [5.41, 5.74) is 0.680. The Morgan fingerprint density at radius 3 is 0.969 bits per heavy atom. The number of halogens is 2. The molecule has 0 spiro atoms. The maximum absolute atomic E-state index is 3.47. The van der Waals surface area contributed by atoms with Gasteiger partial charge >= 0.3 is 96.1 Å². The molecule has 0 radical (unpaired) electrons. The summed E-state index contributed by atoms with van der Waals surface area (Å²) in [7, 11) is -0.210. The van der Waals surface area contributed by atoms with E-state index in [9.17, 15) is 0 Å². The Hall–Kier alpha value is -1.02. The molecule has 0 nitrogen and oxygen atoms in total. The summed E-state index contributed by atoms with van der Waals surface area (Å²) in [6.45, 7) is 4.62. The van der Waals surface area contributed by atoms with Crippen molar-refractivity contribution in [3.8, 4) is 0 Å². The zero-order valence-electron chi connectivity index (χ0n) is 18.2. The summed E-state index contributed by atoms with van der Waals surface area (Å²) in [6.07, 6.45) is -0.321. The first kappa shape index (κ1) is 29.0. The summed E-state index contributed by atoms with van der Waals surface area (Å²) < 4.78 is 0. The molecular formula is C27H29Cl2P2Pd. The molecule has 4 aromatic carbocycles. The number of benzene rings is 4. The Labute approximate surface area is 218 Å². The van der Waals surface area contributed by atoms with E-state index in [1.54, 1.807) is 0 Å². The molecule has 4 rings (SSSR count). The number of hydrogen-bond acceptors (Lipinski definition) is 0. The van der Waals surface area contributed by atoms with Crippen molar-refractivity contribution in [1.29, 1.82) is 0 Å². The van der Waals surface area contributed by atoms with E-state index < -0.39 is 0 Å². The van der Waals surface area contributed by atoms with Gasteiger partial charge in [0.05, 0.1) is 0 Å². The molecule has 0 aliphatic rings. The van der Waals surface area contributed by atoms with Gasteiger partial charge in [-0.25, -0.2) is 0 Å². The van der Waals surface area contributed by atoms with Crippen molar-refractivity contribution in [2.75, 3.05) is 0 Å². The third-order valence-electron chi connectivity index (χ3n) is 4.52. The van der Waals surface area contributed by atoms with Crippen LogP contribution in [0.4, 0.5) is 0 Å². The molecule has 0 heterocycles. The molecule has 171 valence electrons. The molecule has 32 heavy (non-hydrogen) atoms. The molecule has 0 saturated heterocycles. The van der Waals surface area contributed by atoms with Crippen molar-refractivity contribution in [2.24, 2.45) is 0 Å². The molecule has 0 saturated carbocycles. The average Bonchev–Trinajstić information content (AvgIpc) is 2.81. The SMILES string of the molecule is CC(C)P(c1ccccc1)c1ccccc1.Cl.Cl.[Pd][P](c1ccccc1)c1ccccc1. The monoisotopic (exact) mass is 591 g/mol. The van der Waals surface area contributed by atoms with Gasteiger partial charge in [0, 0.05) is 0 Å². The molecule has 0 fully saturated rings. The zero-order chi connectivity index (χ0) is 21.2. The number of rotatable bonds is 5. The molecule has 0 atom stereocenters. The Balaban J connectivity index is 0.000000303. The topological polar surface area (TPSA) is 0 Å². The van der Waals surface area contributed by atoms with Crippen LogP contribution in [0, 0.1) is 0 Å². The van der Waals surface area contributed by atoms with Crippen molar-refractivity contribution in [2.45, 2.75) is 19.5 Å². The van der Waals surface area contributed by atoms with Crippen LogP contribution < -0.4 is 21.2 Å². The molecule has 0 N–H and O–H groups in total. The van der Waals surface area contributed by atoms with Gasteiger partial charge in [-0.15, -0.1) is 24.8 Å². The molecule has 0 aliphatic carbocycles. The van der Waals surface area contributed by atoms with Crippen LogP contribution in [0.3, 0.4) is 0 Å². The van der Waals surface area contributed by atoms with E-state index in [4.69, 9.17) is 0 Å². The van der Waals surface area contributed by atoms with Crippen LogP contribution in [0.15, 0.2) is 121 Å². The zero-order valence-corrected chi connectivity index (χ0v) is 23.1. The minimum absolute atomic E-state index is 0. The van der Waals surface area contributed by atoms with Gasteiger partial charge in [0.1, 0.15) is 0 Å². The third kappa shape index (κ3) is 8.73. The van der Waals surface area contributed by atoms with Crippen molar-refractivity contribution in [3.05, 3.63) is 121 Å². The van der Waals surface area contributed by atoms with E-state index in [1.807, 2.05) is 0 Å². The van der Waals surface area contributed by atoms with Gasteiger partial charge in [0.15, 0.2) is 0 Å². The summed E-state index contributed by atoms with van der Waals surface area (Å²) in [5.74, 6) is 0. The van der Waals surface area contributed by atoms with E-state index in [2.05, 4.69) is 154 Å². The Bertz CT molecular complexity index is 906. The average molecular weight is 593 g/mol. The van der Waals surface area contributed by atoms with Crippen LogP contribution in [0.25, 0.3) is 0 Å². The standard InChI is InChI=1S/C15H17P.C12H10P.2ClH.Pd/c1-13(2)16(14-9-5-3-6-10-14)15-11-7-4-8-12-15;1-3-7-11(8-4-1)13-12-9-5-2-6-10-12;;;/h3-13H,1-2H3;1-10H;2*1H;/q;-1;;;+1. The fourth-order valence-corrected chi connectivity index (χ4v) is 8.17. The molecule has 4 aromatic rings. The molecular weight excluding hydrogens is 564 g/mol. The second-order valence-electron chi connectivity index (χ2n) is 7.06. The van der Waals surface area contributed by atoms with Gasteiger partial charge in [-0.05, 0) is 24.2 Å². The second kappa shape index (κ2) is 15.8. The normalized spacial score (nSPS) is 10.1. The van der Waals surface area contributed by atoms with Gasteiger partial charge in [-0.2, -0.15) is 0 Å².